The van der Waals surface area contributed by atoms with Crippen molar-refractivity contribution in [1.29, 1.82) is 0 Å². The Balaban J connectivity index is 1.70. The molecule has 0 aliphatic rings. The Morgan fingerprint density at radius 1 is 1.23 bits per heavy atom. The number of carbonyl (C=O) groups excluding carboxylic acids is 1. The summed E-state index contributed by atoms with van der Waals surface area (Å²) in [5.41, 5.74) is 1.75. The maximum Gasteiger partial charge on any atom is 0.433 e. The molecule has 3 rings (SSSR count). The number of rotatable bonds is 4. The van der Waals surface area contributed by atoms with E-state index in [9.17, 15) is 19.7 Å². The molecule has 0 radical (unpaired) electrons. The topological polar surface area (TPSA) is 134 Å². The zero-order valence-electron chi connectivity index (χ0n) is 11.1. The second-order valence-electron chi connectivity index (χ2n) is 4.54. The van der Waals surface area contributed by atoms with Gasteiger partial charge in [-0.3, -0.25) is 14.9 Å². The Morgan fingerprint density at radius 3 is 2.73 bits per heavy atom. The quantitative estimate of drug-likeness (QED) is 0.493. The molecule has 0 bridgehead atoms. The van der Waals surface area contributed by atoms with E-state index in [-0.39, 0.29) is 18.0 Å². The first kappa shape index (κ1) is 13.6. The summed E-state index contributed by atoms with van der Waals surface area (Å²) in [6, 6.07) is 7.54. The highest BCUT2D eigenvalue weighted by molar-refractivity contribution is 5.91. The average molecular weight is 302 g/mol. The SMILES string of the molecule is O=C(NCc1ccc2[nH]c(=O)[nH]c2c1)c1ccc([N+](=O)[O-])o1. The number of nitrogens with zero attached hydrogens (tertiary/aromatic N) is 1. The van der Waals surface area contributed by atoms with Crippen molar-refractivity contribution >= 4 is 22.8 Å². The molecular weight excluding hydrogens is 292 g/mol. The number of furan rings is 1. The summed E-state index contributed by atoms with van der Waals surface area (Å²) in [6.07, 6.45) is 0. The molecule has 2 aromatic heterocycles. The number of hydrogen-bond donors (Lipinski definition) is 3. The molecule has 9 heteroatoms. The van der Waals surface area contributed by atoms with E-state index in [1.807, 2.05) is 0 Å². The Hall–Kier alpha value is -3.36. The normalized spacial score (nSPS) is 10.7. The highest BCUT2D eigenvalue weighted by Gasteiger charge is 2.16. The van der Waals surface area contributed by atoms with Crippen LogP contribution < -0.4 is 11.0 Å². The number of nitro groups is 1. The number of benzene rings is 1. The first-order valence-corrected chi connectivity index (χ1v) is 6.26. The van der Waals surface area contributed by atoms with Gasteiger partial charge in [-0.2, -0.15) is 0 Å². The molecule has 2 heterocycles. The number of nitrogens with one attached hydrogen (secondary N) is 3. The van der Waals surface area contributed by atoms with Gasteiger partial charge < -0.3 is 19.7 Å². The zero-order chi connectivity index (χ0) is 15.7. The van der Waals surface area contributed by atoms with Crippen molar-refractivity contribution in [2.75, 3.05) is 0 Å². The van der Waals surface area contributed by atoms with Crippen LogP contribution in [0.3, 0.4) is 0 Å². The molecule has 3 N–H and O–H groups in total. The fraction of sp³-hybridized carbons (Fsp3) is 0.0769. The van der Waals surface area contributed by atoms with Gasteiger partial charge in [0.15, 0.2) is 5.76 Å². The summed E-state index contributed by atoms with van der Waals surface area (Å²) >= 11 is 0. The molecule has 0 saturated carbocycles. The van der Waals surface area contributed by atoms with E-state index in [1.54, 1.807) is 18.2 Å². The number of carbonyl (C=O) groups is 1. The van der Waals surface area contributed by atoms with Crippen molar-refractivity contribution in [1.82, 2.24) is 15.3 Å². The summed E-state index contributed by atoms with van der Waals surface area (Å²) < 4.78 is 4.81. The van der Waals surface area contributed by atoms with Crippen LogP contribution in [0.2, 0.25) is 0 Å². The Bertz CT molecular complexity index is 920. The van der Waals surface area contributed by atoms with E-state index in [1.165, 1.54) is 6.07 Å². The van der Waals surface area contributed by atoms with Crippen LogP contribution in [0.15, 0.2) is 39.5 Å². The van der Waals surface area contributed by atoms with Gasteiger partial charge in [0, 0.05) is 6.54 Å². The summed E-state index contributed by atoms with van der Waals surface area (Å²) in [5.74, 6) is -1.19. The molecule has 1 aromatic carbocycles. The molecule has 1 amide bonds. The molecule has 0 spiro atoms. The standard InChI is InChI=1S/C13H10N4O5/c18-12(10-3-4-11(22-10)17(20)21)14-6-7-1-2-8-9(5-7)16-13(19)15-8/h1-5H,6H2,(H,14,18)(H2,15,16,19). The summed E-state index contributed by atoms with van der Waals surface area (Å²) in [4.78, 5) is 38.0. The Kier molecular flexibility index (Phi) is 3.22. The maximum atomic E-state index is 11.8. The lowest BCUT2D eigenvalue weighted by molar-refractivity contribution is -0.402. The van der Waals surface area contributed by atoms with Gasteiger partial charge in [-0.1, -0.05) is 6.07 Å². The zero-order valence-corrected chi connectivity index (χ0v) is 11.1. The van der Waals surface area contributed by atoms with Crippen LogP contribution in [0.25, 0.3) is 11.0 Å². The summed E-state index contributed by atoms with van der Waals surface area (Å²) in [6.45, 7) is 0.191. The number of aromatic amines is 2. The maximum absolute atomic E-state index is 11.8. The van der Waals surface area contributed by atoms with Crippen LogP contribution in [0, 0.1) is 10.1 Å². The van der Waals surface area contributed by atoms with Crippen LogP contribution in [0.4, 0.5) is 5.88 Å². The molecule has 0 saturated heterocycles. The van der Waals surface area contributed by atoms with Gasteiger partial charge in [-0.15, -0.1) is 0 Å². The molecule has 22 heavy (non-hydrogen) atoms. The Morgan fingerprint density at radius 2 is 2.00 bits per heavy atom. The Labute approximate surface area is 122 Å². The number of H-pyrrole nitrogens is 2. The van der Waals surface area contributed by atoms with Crippen molar-refractivity contribution in [2.45, 2.75) is 6.54 Å². The molecule has 0 unspecified atom stereocenters. The lowest BCUT2D eigenvalue weighted by Gasteiger charge is -2.03. The molecule has 9 nitrogen and oxygen atoms in total. The monoisotopic (exact) mass is 302 g/mol. The molecule has 0 fully saturated rings. The highest BCUT2D eigenvalue weighted by Crippen LogP contribution is 2.16. The largest absolute Gasteiger partial charge is 0.433 e. The number of aromatic nitrogens is 2. The smallest absolute Gasteiger partial charge is 0.395 e. The number of imidazole rings is 1. The van der Waals surface area contributed by atoms with Gasteiger partial charge in [0.05, 0.1) is 17.1 Å². The van der Waals surface area contributed by atoms with E-state index in [0.29, 0.717) is 11.0 Å². The van der Waals surface area contributed by atoms with Gasteiger partial charge in [-0.25, -0.2) is 4.79 Å². The minimum absolute atomic E-state index is 0.136. The third kappa shape index (κ3) is 2.59. The van der Waals surface area contributed by atoms with Crippen molar-refractivity contribution in [2.24, 2.45) is 0 Å². The van der Waals surface area contributed by atoms with Gasteiger partial charge in [0.1, 0.15) is 4.92 Å². The first-order valence-electron chi connectivity index (χ1n) is 6.26. The van der Waals surface area contributed by atoms with Crippen molar-refractivity contribution in [3.63, 3.8) is 0 Å². The van der Waals surface area contributed by atoms with Crippen LogP contribution in [0.5, 0.6) is 0 Å². The minimum atomic E-state index is -0.715. The first-order chi connectivity index (χ1) is 10.5. The van der Waals surface area contributed by atoms with Crippen molar-refractivity contribution in [3.8, 4) is 0 Å². The van der Waals surface area contributed by atoms with Crippen LogP contribution in [-0.2, 0) is 6.54 Å². The molecule has 0 aliphatic carbocycles. The van der Waals surface area contributed by atoms with Crippen LogP contribution in [0.1, 0.15) is 16.1 Å². The van der Waals surface area contributed by atoms with E-state index in [2.05, 4.69) is 15.3 Å². The predicted molar refractivity (Wildman–Crippen MR) is 75.5 cm³/mol. The highest BCUT2D eigenvalue weighted by atomic mass is 16.6. The number of hydrogen-bond acceptors (Lipinski definition) is 5. The third-order valence-corrected chi connectivity index (χ3v) is 3.03. The fourth-order valence-corrected chi connectivity index (χ4v) is 2.01. The van der Waals surface area contributed by atoms with Gasteiger partial charge in [0.2, 0.25) is 0 Å². The van der Waals surface area contributed by atoms with Crippen molar-refractivity contribution < 1.29 is 14.1 Å². The number of fused-ring (bicyclic) bond motifs is 1. The van der Waals surface area contributed by atoms with Gasteiger partial charge in [0.25, 0.3) is 5.91 Å². The summed E-state index contributed by atoms with van der Waals surface area (Å²) in [7, 11) is 0. The lowest BCUT2D eigenvalue weighted by atomic mass is 10.2. The lowest BCUT2D eigenvalue weighted by Crippen LogP contribution is -2.22. The second kappa shape index (κ2) is 5.20. The molecular formula is C13H10N4O5. The van der Waals surface area contributed by atoms with E-state index in [0.717, 1.165) is 11.6 Å². The van der Waals surface area contributed by atoms with E-state index >= 15 is 0 Å². The van der Waals surface area contributed by atoms with E-state index in [4.69, 9.17) is 4.42 Å². The molecule has 3 aromatic rings. The summed E-state index contributed by atoms with van der Waals surface area (Å²) in [5, 5.41) is 13.1. The molecule has 112 valence electrons. The van der Waals surface area contributed by atoms with Gasteiger partial charge >= 0.3 is 11.6 Å². The fourth-order valence-electron chi connectivity index (χ4n) is 2.01. The van der Waals surface area contributed by atoms with Crippen LogP contribution >= 0.6 is 0 Å². The predicted octanol–water partition coefficient (Wildman–Crippen LogP) is 1.29. The number of amides is 1. The minimum Gasteiger partial charge on any atom is -0.395 e. The van der Waals surface area contributed by atoms with Crippen LogP contribution in [-0.4, -0.2) is 20.8 Å². The van der Waals surface area contributed by atoms with Crippen molar-refractivity contribution in [3.05, 3.63) is 62.3 Å². The third-order valence-electron chi connectivity index (χ3n) is 3.03. The molecule has 0 aliphatic heterocycles. The second-order valence-corrected chi connectivity index (χ2v) is 4.54. The van der Waals surface area contributed by atoms with E-state index < -0.39 is 16.7 Å². The molecule has 0 atom stereocenters. The van der Waals surface area contributed by atoms with Gasteiger partial charge in [-0.05, 0) is 23.8 Å². The average Bonchev–Trinajstić information content (AvgIpc) is 3.09.